The number of nitrogens with zero attached hydrogens (tertiary/aromatic N) is 4. The van der Waals surface area contributed by atoms with E-state index >= 15 is 0 Å². The molecule has 2 atom stereocenters. The van der Waals surface area contributed by atoms with Crippen LogP contribution in [0.4, 0.5) is 13.2 Å². The van der Waals surface area contributed by atoms with E-state index in [9.17, 15) is 23.2 Å². The molecule has 2 saturated heterocycles. The molecule has 2 fully saturated rings. The number of hydrogen-bond donors (Lipinski definition) is 0. The Hall–Kier alpha value is -3.17. The third kappa shape index (κ3) is 5.34. The van der Waals surface area contributed by atoms with E-state index < -0.39 is 11.7 Å². The molecule has 0 bridgehead atoms. The lowest BCUT2D eigenvalue weighted by molar-refractivity contribution is -0.577. The Labute approximate surface area is 227 Å². The summed E-state index contributed by atoms with van der Waals surface area (Å²) in [7, 11) is 0. The van der Waals surface area contributed by atoms with E-state index in [1.54, 1.807) is 30.3 Å². The minimum absolute atomic E-state index is 0.0187. The van der Waals surface area contributed by atoms with Crippen molar-refractivity contribution < 1.29 is 22.7 Å². The first-order valence-corrected chi connectivity index (χ1v) is 13.6. The lowest BCUT2D eigenvalue weighted by Gasteiger charge is -2.52. The van der Waals surface area contributed by atoms with Crippen LogP contribution >= 0.6 is 0 Å². The Morgan fingerprint density at radius 2 is 1.69 bits per heavy atom. The van der Waals surface area contributed by atoms with Gasteiger partial charge >= 0.3 is 6.18 Å². The summed E-state index contributed by atoms with van der Waals surface area (Å²) < 4.78 is 39.7. The van der Waals surface area contributed by atoms with Gasteiger partial charge in [0.25, 0.3) is 5.91 Å². The van der Waals surface area contributed by atoms with Crippen molar-refractivity contribution in [3.05, 3.63) is 82.7 Å². The van der Waals surface area contributed by atoms with Crippen molar-refractivity contribution >= 4 is 16.8 Å². The number of aromatic nitrogens is 1. The van der Waals surface area contributed by atoms with E-state index in [4.69, 9.17) is 0 Å². The number of rotatable bonds is 4. The third-order valence-electron chi connectivity index (χ3n) is 8.83. The van der Waals surface area contributed by atoms with Crippen molar-refractivity contribution in [1.29, 1.82) is 0 Å². The van der Waals surface area contributed by atoms with Crippen LogP contribution in [0.25, 0.3) is 10.9 Å². The number of fused-ring (bicyclic) bond motifs is 1. The predicted octanol–water partition coefficient (Wildman–Crippen LogP) is 5.25. The average Bonchev–Trinajstić information content (AvgIpc) is 2.93. The van der Waals surface area contributed by atoms with Gasteiger partial charge in [0.1, 0.15) is 0 Å². The standard InChI is InChI=1S/C30H35F3N4O2/c1-21-20-35(18-19-36(21)22(2)23-8-10-24(11-9-23)30(31,32)33)29(3)13-16-34(17-14-29)28(38)26-12-15-37(39)27-7-5-4-6-25(26)27/h4-12,15,21-22H,13-14,16-20H2,1-3H3/t21-,22+/m0/s1. The first kappa shape index (κ1) is 27.4. The molecular weight excluding hydrogens is 505 g/mol. The van der Waals surface area contributed by atoms with E-state index in [1.165, 1.54) is 18.3 Å². The Morgan fingerprint density at radius 1 is 1.03 bits per heavy atom. The number of carbonyl (C=O) groups is 1. The number of hydrogen-bond acceptors (Lipinski definition) is 4. The summed E-state index contributed by atoms with van der Waals surface area (Å²) in [6, 6.07) is 14.6. The highest BCUT2D eigenvalue weighted by Gasteiger charge is 2.41. The van der Waals surface area contributed by atoms with Gasteiger partial charge in [0.15, 0.2) is 6.20 Å². The molecule has 0 unspecified atom stereocenters. The second-order valence-electron chi connectivity index (χ2n) is 11.2. The summed E-state index contributed by atoms with van der Waals surface area (Å²) in [4.78, 5) is 20.2. The minimum atomic E-state index is -4.33. The molecule has 0 radical (unpaired) electrons. The van der Waals surface area contributed by atoms with E-state index in [-0.39, 0.29) is 23.5 Å². The van der Waals surface area contributed by atoms with Crippen LogP contribution in [-0.4, -0.2) is 64.9 Å². The summed E-state index contributed by atoms with van der Waals surface area (Å²) in [6.45, 7) is 10.4. The van der Waals surface area contributed by atoms with Crippen LogP contribution in [0.2, 0.25) is 0 Å². The fourth-order valence-corrected chi connectivity index (χ4v) is 6.25. The Balaban J connectivity index is 1.21. The maximum atomic E-state index is 13.4. The molecule has 5 rings (SSSR count). The van der Waals surface area contributed by atoms with Crippen molar-refractivity contribution in [2.24, 2.45) is 0 Å². The summed E-state index contributed by atoms with van der Waals surface area (Å²) in [6.07, 6.45) is -1.22. The van der Waals surface area contributed by atoms with Crippen molar-refractivity contribution in [2.75, 3.05) is 32.7 Å². The first-order valence-electron chi connectivity index (χ1n) is 13.6. The number of piperidine rings is 1. The number of amides is 1. The van der Waals surface area contributed by atoms with Gasteiger partial charge in [-0.15, -0.1) is 0 Å². The van der Waals surface area contributed by atoms with Gasteiger partial charge < -0.3 is 10.1 Å². The lowest BCUT2D eigenvalue weighted by Crippen LogP contribution is -2.62. The molecule has 1 aromatic heterocycles. The number of alkyl halides is 3. The average molecular weight is 541 g/mol. The minimum Gasteiger partial charge on any atom is -0.618 e. The molecule has 9 heteroatoms. The largest absolute Gasteiger partial charge is 0.618 e. The molecule has 3 aromatic rings. The van der Waals surface area contributed by atoms with E-state index in [0.29, 0.717) is 29.6 Å². The zero-order chi connectivity index (χ0) is 27.9. The maximum absolute atomic E-state index is 13.4. The van der Waals surface area contributed by atoms with E-state index in [0.717, 1.165) is 42.8 Å². The molecule has 1 amide bonds. The highest BCUT2D eigenvalue weighted by molar-refractivity contribution is 6.05. The van der Waals surface area contributed by atoms with Gasteiger partial charge in [-0.3, -0.25) is 14.6 Å². The van der Waals surface area contributed by atoms with Crippen LogP contribution in [0.15, 0.2) is 60.8 Å². The summed E-state index contributed by atoms with van der Waals surface area (Å²) in [5.74, 6) is -0.0441. The van der Waals surface area contributed by atoms with Crippen molar-refractivity contribution in [3.63, 3.8) is 0 Å². The molecule has 0 saturated carbocycles. The van der Waals surface area contributed by atoms with Crippen LogP contribution in [-0.2, 0) is 6.18 Å². The molecule has 2 aromatic carbocycles. The fourth-order valence-electron chi connectivity index (χ4n) is 6.25. The zero-order valence-corrected chi connectivity index (χ0v) is 22.6. The lowest BCUT2D eigenvalue weighted by atomic mass is 9.86. The third-order valence-corrected chi connectivity index (χ3v) is 8.83. The van der Waals surface area contributed by atoms with Crippen LogP contribution < -0.4 is 4.73 Å². The number of para-hydroxylation sites is 1. The molecule has 208 valence electrons. The van der Waals surface area contributed by atoms with Gasteiger partial charge in [-0.1, -0.05) is 24.3 Å². The number of piperazine rings is 1. The molecule has 6 nitrogen and oxygen atoms in total. The monoisotopic (exact) mass is 540 g/mol. The predicted molar refractivity (Wildman–Crippen MR) is 144 cm³/mol. The molecule has 0 aliphatic carbocycles. The van der Waals surface area contributed by atoms with Gasteiger partial charge in [-0.2, -0.15) is 17.9 Å². The Kier molecular flexibility index (Phi) is 7.33. The molecule has 2 aliphatic rings. The quantitative estimate of drug-likeness (QED) is 0.335. The van der Waals surface area contributed by atoms with E-state index in [1.807, 2.05) is 17.0 Å². The van der Waals surface area contributed by atoms with Crippen LogP contribution in [0.5, 0.6) is 0 Å². The highest BCUT2D eigenvalue weighted by atomic mass is 19.4. The first-order chi connectivity index (χ1) is 18.5. The van der Waals surface area contributed by atoms with Crippen LogP contribution in [0, 0.1) is 5.21 Å². The van der Waals surface area contributed by atoms with Crippen LogP contribution in [0.1, 0.15) is 61.1 Å². The smallest absolute Gasteiger partial charge is 0.416 e. The number of likely N-dealkylation sites (tertiary alicyclic amines) is 1. The molecule has 3 heterocycles. The number of benzene rings is 2. The van der Waals surface area contributed by atoms with Crippen molar-refractivity contribution in [1.82, 2.24) is 14.7 Å². The molecule has 39 heavy (non-hydrogen) atoms. The topological polar surface area (TPSA) is 53.7 Å². The Bertz CT molecular complexity index is 1340. The summed E-state index contributed by atoms with van der Waals surface area (Å²) in [5.41, 5.74) is 1.27. The SMILES string of the molecule is C[C@H](c1ccc(C(F)(F)F)cc1)N1CCN(C2(C)CCN(C(=O)c3cc[n+]([O-])c4ccccc34)CC2)C[C@@H]1C. The summed E-state index contributed by atoms with van der Waals surface area (Å²) >= 11 is 0. The van der Waals surface area contributed by atoms with Crippen molar-refractivity contribution in [2.45, 2.75) is 57.4 Å². The maximum Gasteiger partial charge on any atom is 0.416 e. The summed E-state index contributed by atoms with van der Waals surface area (Å²) in [5, 5.41) is 12.8. The number of halogens is 3. The number of pyridine rings is 1. The molecule has 0 spiro atoms. The van der Waals surface area contributed by atoms with Gasteiger partial charge in [-0.25, -0.2) is 0 Å². The Morgan fingerprint density at radius 3 is 2.33 bits per heavy atom. The van der Waals surface area contributed by atoms with Crippen LogP contribution in [0.3, 0.4) is 0 Å². The zero-order valence-electron chi connectivity index (χ0n) is 22.6. The van der Waals surface area contributed by atoms with Gasteiger partial charge in [0.2, 0.25) is 5.52 Å². The molecule has 0 N–H and O–H groups in total. The van der Waals surface area contributed by atoms with Crippen molar-refractivity contribution in [3.8, 4) is 0 Å². The van der Waals surface area contributed by atoms with Gasteiger partial charge in [0, 0.05) is 62.5 Å². The molecule has 2 aliphatic heterocycles. The second kappa shape index (κ2) is 10.4. The van der Waals surface area contributed by atoms with Gasteiger partial charge in [0.05, 0.1) is 16.5 Å². The molecular formula is C30H35F3N4O2. The second-order valence-corrected chi connectivity index (χ2v) is 11.2. The number of carbonyl (C=O) groups excluding carboxylic acids is 1. The van der Waals surface area contributed by atoms with Gasteiger partial charge in [-0.05, 0) is 57.4 Å². The highest BCUT2D eigenvalue weighted by Crippen LogP contribution is 2.35. The normalized spacial score (nSPS) is 21.7. The fraction of sp³-hybridized carbons (Fsp3) is 0.467. The van der Waals surface area contributed by atoms with E-state index in [2.05, 4.69) is 30.6 Å².